The van der Waals surface area contributed by atoms with Crippen molar-refractivity contribution in [3.8, 4) is 0 Å². The number of hydrazine groups is 1. The summed E-state index contributed by atoms with van der Waals surface area (Å²) in [6, 6.07) is 2.37. The van der Waals surface area contributed by atoms with Crippen LogP contribution in [0.3, 0.4) is 0 Å². The number of carbonyl (C=O) groups is 1. The third kappa shape index (κ3) is 1.71. The normalized spacial score (nSPS) is 9.27. The Morgan fingerprint density at radius 3 is 3.00 bits per heavy atom. The second-order valence-electron chi connectivity index (χ2n) is 1.84. The molecule has 0 aromatic carbocycles. The molecule has 0 atom stereocenters. The average Bonchev–Trinajstić information content (AvgIpc) is 2.03. The fraction of sp³-hybridized carbons (Fsp3) is 0. The Morgan fingerprint density at radius 1 is 1.73 bits per heavy atom. The maximum atomic E-state index is 12.3. The van der Waals surface area contributed by atoms with E-state index in [1.165, 1.54) is 12.3 Å². The van der Waals surface area contributed by atoms with Gasteiger partial charge in [-0.3, -0.25) is 10.2 Å². The number of nitrogens with zero attached hydrogens (tertiary/aromatic N) is 1. The van der Waals surface area contributed by atoms with Gasteiger partial charge in [-0.05, 0) is 6.07 Å². The van der Waals surface area contributed by atoms with Crippen LogP contribution >= 0.6 is 0 Å². The van der Waals surface area contributed by atoms with E-state index in [0.29, 0.717) is 0 Å². The lowest BCUT2D eigenvalue weighted by molar-refractivity contribution is 0.0953. The van der Waals surface area contributed by atoms with Crippen LogP contribution in [0.4, 0.5) is 4.39 Å². The minimum atomic E-state index is -0.703. The highest BCUT2D eigenvalue weighted by Crippen LogP contribution is 1.98. The van der Waals surface area contributed by atoms with Gasteiger partial charge in [0.25, 0.3) is 5.91 Å². The van der Waals surface area contributed by atoms with Crippen molar-refractivity contribution in [3.05, 3.63) is 29.8 Å². The van der Waals surface area contributed by atoms with Crippen LogP contribution in [-0.2, 0) is 0 Å². The predicted molar refractivity (Wildman–Crippen MR) is 35.8 cm³/mol. The molecule has 5 heteroatoms. The summed E-state index contributed by atoms with van der Waals surface area (Å²) >= 11 is 0. The Kier molecular flexibility index (Phi) is 2.12. The molecule has 0 saturated carbocycles. The molecule has 0 spiro atoms. The van der Waals surface area contributed by atoms with Crippen molar-refractivity contribution in [3.63, 3.8) is 0 Å². The number of rotatable bonds is 1. The number of nitrogens with one attached hydrogen (secondary N) is 1. The highest BCUT2D eigenvalue weighted by atomic mass is 18.2. The van der Waals surface area contributed by atoms with Crippen molar-refractivity contribution in [2.45, 2.75) is 0 Å². The molecule has 0 radical (unpaired) electrons. The van der Waals surface area contributed by atoms with Crippen molar-refractivity contribution in [1.82, 2.24) is 10.4 Å². The molecule has 11 heavy (non-hydrogen) atoms. The van der Waals surface area contributed by atoms with Gasteiger partial charge in [0.1, 0.15) is 0 Å². The highest BCUT2D eigenvalue weighted by molar-refractivity contribution is 5.93. The van der Waals surface area contributed by atoms with Gasteiger partial charge in [0.05, 0.1) is 0 Å². The summed E-state index contributed by atoms with van der Waals surface area (Å²) < 4.78 is 12.3. The van der Waals surface area contributed by atoms with E-state index in [1.54, 1.807) is 0 Å². The van der Waals surface area contributed by atoms with E-state index in [4.69, 9.17) is 5.84 Å². The number of nitrogens with two attached hydrogens (primary N) is 1. The van der Waals surface area contributed by atoms with Gasteiger partial charge in [0.15, 0.2) is 0 Å². The molecule has 0 aliphatic carbocycles. The monoisotopic (exact) mass is 154 g/mol. The molecular formula is C6H6FN3O. The van der Waals surface area contributed by atoms with E-state index in [9.17, 15) is 9.18 Å². The lowest BCUT2D eigenvalue weighted by atomic mass is 10.2. The van der Waals surface area contributed by atoms with Crippen molar-refractivity contribution < 1.29 is 9.18 Å². The molecule has 0 aliphatic heterocycles. The van der Waals surface area contributed by atoms with Crippen LogP contribution in [0.5, 0.6) is 0 Å². The smallest absolute Gasteiger partial charge is 0.265 e. The second kappa shape index (κ2) is 3.07. The summed E-state index contributed by atoms with van der Waals surface area (Å²) in [6.07, 6.45) is 1.19. The molecule has 3 N–H and O–H groups in total. The minimum absolute atomic E-state index is 0.153. The quantitative estimate of drug-likeness (QED) is 0.255. The second-order valence-corrected chi connectivity index (χ2v) is 1.84. The minimum Gasteiger partial charge on any atom is -0.290 e. The lowest BCUT2D eigenvalue weighted by Crippen LogP contribution is -2.30. The van der Waals surface area contributed by atoms with Crippen LogP contribution in [0.15, 0.2) is 18.3 Å². The van der Waals surface area contributed by atoms with Crippen LogP contribution in [-0.4, -0.2) is 10.9 Å². The van der Waals surface area contributed by atoms with Crippen molar-refractivity contribution in [2.24, 2.45) is 5.84 Å². The first-order valence-electron chi connectivity index (χ1n) is 2.86. The lowest BCUT2D eigenvalue weighted by Gasteiger charge is -1.96. The zero-order valence-electron chi connectivity index (χ0n) is 5.54. The molecule has 58 valence electrons. The summed E-state index contributed by atoms with van der Waals surface area (Å²) in [5, 5.41) is 0. The van der Waals surface area contributed by atoms with E-state index in [0.717, 1.165) is 6.07 Å². The van der Waals surface area contributed by atoms with Gasteiger partial charge in [-0.25, -0.2) is 10.8 Å². The molecule has 4 nitrogen and oxygen atoms in total. The Bertz CT molecular complexity index is 276. The highest BCUT2D eigenvalue weighted by Gasteiger charge is 2.03. The van der Waals surface area contributed by atoms with Gasteiger partial charge in [-0.15, -0.1) is 0 Å². The molecule has 1 amide bonds. The maximum Gasteiger partial charge on any atom is 0.265 e. The molecule has 0 fully saturated rings. The standard InChI is InChI=1S/C6H6FN3O/c7-5-3-4(1-2-9-5)6(11)10-8/h1-3H,8H2,(H,10,11)/i7-1. The van der Waals surface area contributed by atoms with E-state index in [-0.39, 0.29) is 5.56 Å². The van der Waals surface area contributed by atoms with Crippen molar-refractivity contribution in [2.75, 3.05) is 0 Å². The summed E-state index contributed by atoms with van der Waals surface area (Å²) in [4.78, 5) is 14.0. The zero-order valence-corrected chi connectivity index (χ0v) is 5.54. The largest absolute Gasteiger partial charge is 0.290 e. The fourth-order valence-electron chi connectivity index (χ4n) is 0.627. The molecule has 0 unspecified atom stereocenters. The third-order valence-corrected chi connectivity index (χ3v) is 1.12. The molecule has 1 rings (SSSR count). The van der Waals surface area contributed by atoms with Gasteiger partial charge < -0.3 is 0 Å². The summed E-state index contributed by atoms with van der Waals surface area (Å²) in [7, 11) is 0. The average molecular weight is 154 g/mol. The first-order chi connectivity index (χ1) is 5.24. The summed E-state index contributed by atoms with van der Waals surface area (Å²) in [5.41, 5.74) is 2.03. The first kappa shape index (κ1) is 7.62. The third-order valence-electron chi connectivity index (χ3n) is 1.12. The van der Waals surface area contributed by atoms with Crippen LogP contribution in [0.25, 0.3) is 0 Å². The van der Waals surface area contributed by atoms with Gasteiger partial charge in [0.2, 0.25) is 5.95 Å². The van der Waals surface area contributed by atoms with Crippen LogP contribution in [0.1, 0.15) is 10.4 Å². The SMILES string of the molecule is NNC(=O)c1ccnc([18F])c1. The molecule has 1 heterocycles. The number of carbonyl (C=O) groups excluding carboxylic acids is 1. The molecule has 0 bridgehead atoms. The van der Waals surface area contributed by atoms with Crippen LogP contribution in [0, 0.1) is 5.95 Å². The number of hydrogen-bond donors (Lipinski definition) is 2. The first-order valence-corrected chi connectivity index (χ1v) is 2.86. The Hall–Kier alpha value is -1.49. The van der Waals surface area contributed by atoms with Crippen LogP contribution < -0.4 is 11.3 Å². The molecule has 1 aromatic heterocycles. The van der Waals surface area contributed by atoms with Gasteiger partial charge in [0, 0.05) is 17.8 Å². The number of nitrogen functional groups attached to an aromatic ring is 1. The van der Waals surface area contributed by atoms with Crippen LogP contribution in [0.2, 0.25) is 0 Å². The molecule has 0 aliphatic rings. The van der Waals surface area contributed by atoms with Gasteiger partial charge in [-0.2, -0.15) is 4.39 Å². The number of aromatic nitrogens is 1. The summed E-state index contributed by atoms with van der Waals surface area (Å²) in [6.45, 7) is 0. The zero-order chi connectivity index (χ0) is 8.27. The Balaban J connectivity index is 2.96. The summed E-state index contributed by atoms with van der Waals surface area (Å²) in [5.74, 6) is 3.57. The van der Waals surface area contributed by atoms with E-state index < -0.39 is 11.9 Å². The predicted octanol–water partition coefficient (Wildman–Crippen LogP) is -0.176. The Morgan fingerprint density at radius 2 is 2.45 bits per heavy atom. The molecular weight excluding hydrogens is 148 g/mol. The fourth-order valence-corrected chi connectivity index (χ4v) is 0.627. The number of pyridine rings is 1. The van der Waals surface area contributed by atoms with Crippen molar-refractivity contribution >= 4 is 5.91 Å². The molecule has 1 aromatic rings. The van der Waals surface area contributed by atoms with E-state index >= 15 is 0 Å². The van der Waals surface area contributed by atoms with Gasteiger partial charge in [-0.1, -0.05) is 0 Å². The maximum absolute atomic E-state index is 12.3. The number of amides is 1. The van der Waals surface area contributed by atoms with E-state index in [2.05, 4.69) is 4.98 Å². The topological polar surface area (TPSA) is 68.0 Å². The molecule has 0 saturated heterocycles. The van der Waals surface area contributed by atoms with Crippen molar-refractivity contribution in [1.29, 1.82) is 0 Å². The number of halogens is 1. The van der Waals surface area contributed by atoms with E-state index in [1.807, 2.05) is 5.43 Å². The Labute approximate surface area is 62.2 Å². The van der Waals surface area contributed by atoms with Gasteiger partial charge >= 0.3 is 0 Å². The number of hydrogen-bond acceptors (Lipinski definition) is 3.